The number of benzene rings is 1. The summed E-state index contributed by atoms with van der Waals surface area (Å²) in [7, 11) is 0. The number of guanidine groups is 1. The first-order valence-electron chi connectivity index (χ1n) is 8.32. The third-order valence-corrected chi connectivity index (χ3v) is 4.62. The number of nitrogens with zero attached hydrogens (tertiary/aromatic N) is 1. The standard InChI is InChI=1S/C18H22FN3O2S.HI/c1-2-20-18(22-10-16-4-3-7-25-16)21-6-5-13-8-15(19)9-14-11-23-12-24-17(13)14;/h3-4,7-9H,2,5-6,10-12H2,1H3,(H2,20,21,22);1H. The predicted octanol–water partition coefficient (Wildman–Crippen LogP) is 3.67. The van der Waals surface area contributed by atoms with Gasteiger partial charge in [0.2, 0.25) is 0 Å². The monoisotopic (exact) mass is 491 g/mol. The fourth-order valence-electron chi connectivity index (χ4n) is 2.66. The average Bonchev–Trinajstić information content (AvgIpc) is 3.13. The highest BCUT2D eigenvalue weighted by molar-refractivity contribution is 14.0. The molecule has 0 aliphatic carbocycles. The van der Waals surface area contributed by atoms with Gasteiger partial charge in [-0.25, -0.2) is 9.38 Å². The van der Waals surface area contributed by atoms with Crippen LogP contribution in [0.5, 0.6) is 5.75 Å². The van der Waals surface area contributed by atoms with Gasteiger partial charge in [0, 0.05) is 23.5 Å². The third kappa shape index (κ3) is 5.82. The Labute approximate surface area is 174 Å². The van der Waals surface area contributed by atoms with Crippen molar-refractivity contribution >= 4 is 41.3 Å². The number of aliphatic imine (C=N–C) groups is 1. The van der Waals surface area contributed by atoms with Crippen LogP contribution in [0.15, 0.2) is 34.6 Å². The summed E-state index contributed by atoms with van der Waals surface area (Å²) in [4.78, 5) is 5.78. The van der Waals surface area contributed by atoms with Gasteiger partial charge in [0.15, 0.2) is 12.8 Å². The Morgan fingerprint density at radius 1 is 1.35 bits per heavy atom. The molecule has 0 radical (unpaired) electrons. The smallest absolute Gasteiger partial charge is 0.191 e. The van der Waals surface area contributed by atoms with Crippen molar-refractivity contribution in [3.05, 3.63) is 51.5 Å². The summed E-state index contributed by atoms with van der Waals surface area (Å²) in [6, 6.07) is 7.09. The maximum atomic E-state index is 13.8. The van der Waals surface area contributed by atoms with E-state index in [1.807, 2.05) is 18.4 Å². The van der Waals surface area contributed by atoms with Crippen molar-refractivity contribution in [1.29, 1.82) is 0 Å². The number of ether oxygens (including phenoxy) is 2. The van der Waals surface area contributed by atoms with Crippen LogP contribution in [-0.2, 0) is 24.3 Å². The number of hydrogen-bond donors (Lipinski definition) is 2. The van der Waals surface area contributed by atoms with E-state index in [9.17, 15) is 4.39 Å². The summed E-state index contributed by atoms with van der Waals surface area (Å²) in [6.45, 7) is 4.69. The first-order valence-corrected chi connectivity index (χ1v) is 9.20. The second-order valence-electron chi connectivity index (χ2n) is 5.62. The predicted molar refractivity (Wildman–Crippen MR) is 113 cm³/mol. The Morgan fingerprint density at radius 3 is 3.00 bits per heavy atom. The summed E-state index contributed by atoms with van der Waals surface area (Å²) in [6.07, 6.45) is 0.642. The normalized spacial score (nSPS) is 13.4. The van der Waals surface area contributed by atoms with Gasteiger partial charge in [-0.2, -0.15) is 0 Å². The Balaban J connectivity index is 0.00000243. The Morgan fingerprint density at radius 2 is 2.23 bits per heavy atom. The Bertz CT molecular complexity index is 725. The van der Waals surface area contributed by atoms with E-state index >= 15 is 0 Å². The van der Waals surface area contributed by atoms with Gasteiger partial charge in [0.1, 0.15) is 11.6 Å². The van der Waals surface area contributed by atoms with Gasteiger partial charge in [0.05, 0.1) is 13.2 Å². The van der Waals surface area contributed by atoms with Crippen LogP contribution in [0, 0.1) is 5.82 Å². The van der Waals surface area contributed by atoms with Crippen LogP contribution in [0.1, 0.15) is 22.9 Å². The van der Waals surface area contributed by atoms with Gasteiger partial charge >= 0.3 is 0 Å². The zero-order valence-corrected chi connectivity index (χ0v) is 17.7. The fraction of sp³-hybridized carbons (Fsp3) is 0.389. The number of halogens is 2. The molecule has 1 aromatic carbocycles. The lowest BCUT2D eigenvalue weighted by Crippen LogP contribution is -2.38. The topological polar surface area (TPSA) is 54.9 Å². The molecule has 1 aromatic heterocycles. The van der Waals surface area contributed by atoms with Crippen LogP contribution in [-0.4, -0.2) is 25.8 Å². The molecule has 142 valence electrons. The van der Waals surface area contributed by atoms with Crippen LogP contribution >= 0.6 is 35.3 Å². The van der Waals surface area contributed by atoms with Crippen molar-refractivity contribution in [3.63, 3.8) is 0 Å². The number of hydrogen-bond acceptors (Lipinski definition) is 4. The molecule has 0 atom stereocenters. The quantitative estimate of drug-likeness (QED) is 0.368. The highest BCUT2D eigenvalue weighted by atomic mass is 127. The molecule has 5 nitrogen and oxygen atoms in total. The lowest BCUT2D eigenvalue weighted by molar-refractivity contribution is -0.0172. The second kappa shape index (κ2) is 10.7. The minimum atomic E-state index is -0.263. The third-order valence-electron chi connectivity index (χ3n) is 3.76. The molecule has 2 N–H and O–H groups in total. The molecule has 26 heavy (non-hydrogen) atoms. The molecule has 0 saturated heterocycles. The number of thiophene rings is 1. The van der Waals surface area contributed by atoms with E-state index in [4.69, 9.17) is 9.47 Å². The lowest BCUT2D eigenvalue weighted by atomic mass is 10.1. The van der Waals surface area contributed by atoms with Crippen molar-refractivity contribution in [1.82, 2.24) is 10.6 Å². The largest absolute Gasteiger partial charge is 0.467 e. The summed E-state index contributed by atoms with van der Waals surface area (Å²) < 4.78 is 24.5. The van der Waals surface area contributed by atoms with Gasteiger partial charge in [0.25, 0.3) is 0 Å². The molecule has 0 unspecified atom stereocenters. The molecular formula is C18H23FIN3O2S. The minimum Gasteiger partial charge on any atom is -0.467 e. The molecule has 3 rings (SSSR count). The first-order chi connectivity index (χ1) is 12.3. The van der Waals surface area contributed by atoms with Crippen LogP contribution in [0.2, 0.25) is 0 Å². The molecule has 0 saturated carbocycles. The van der Waals surface area contributed by atoms with Crippen molar-refractivity contribution in [3.8, 4) is 5.75 Å². The molecule has 1 aliphatic rings. The number of nitrogens with one attached hydrogen (secondary N) is 2. The van der Waals surface area contributed by atoms with Crippen LogP contribution in [0.3, 0.4) is 0 Å². The molecule has 1 aliphatic heterocycles. The summed E-state index contributed by atoms with van der Waals surface area (Å²) in [5.41, 5.74) is 1.61. The zero-order chi connectivity index (χ0) is 17.5. The van der Waals surface area contributed by atoms with Gasteiger partial charge in [-0.3, -0.25) is 0 Å². The highest BCUT2D eigenvalue weighted by Gasteiger charge is 2.16. The molecule has 2 heterocycles. The van der Waals surface area contributed by atoms with Crippen LogP contribution in [0.4, 0.5) is 4.39 Å². The van der Waals surface area contributed by atoms with Gasteiger partial charge < -0.3 is 20.1 Å². The van der Waals surface area contributed by atoms with Crippen LogP contribution < -0.4 is 15.4 Å². The Hall–Kier alpha value is -1.39. The van der Waals surface area contributed by atoms with E-state index < -0.39 is 0 Å². The van der Waals surface area contributed by atoms with E-state index in [2.05, 4.69) is 21.7 Å². The van der Waals surface area contributed by atoms with Crippen molar-refractivity contribution in [2.24, 2.45) is 4.99 Å². The highest BCUT2D eigenvalue weighted by Crippen LogP contribution is 2.29. The Kier molecular flexibility index (Phi) is 8.60. The average molecular weight is 491 g/mol. The maximum Gasteiger partial charge on any atom is 0.191 e. The molecule has 0 spiro atoms. The molecular weight excluding hydrogens is 468 g/mol. The van der Waals surface area contributed by atoms with Crippen molar-refractivity contribution < 1.29 is 13.9 Å². The SMILES string of the molecule is CCNC(=NCc1cccs1)NCCc1cc(F)cc2c1OCOC2.I. The molecule has 0 fully saturated rings. The van der Waals surface area contributed by atoms with E-state index in [0.717, 1.165) is 29.4 Å². The summed E-state index contributed by atoms with van der Waals surface area (Å²) in [5, 5.41) is 8.56. The van der Waals surface area contributed by atoms with Crippen molar-refractivity contribution in [2.45, 2.75) is 26.5 Å². The summed E-state index contributed by atoms with van der Waals surface area (Å²) in [5.74, 6) is 1.24. The zero-order valence-electron chi connectivity index (χ0n) is 14.6. The van der Waals surface area contributed by atoms with Crippen LogP contribution in [0.25, 0.3) is 0 Å². The fourth-order valence-corrected chi connectivity index (χ4v) is 3.29. The van der Waals surface area contributed by atoms with Crippen molar-refractivity contribution in [2.75, 3.05) is 19.9 Å². The first kappa shape index (κ1) is 20.9. The van der Waals surface area contributed by atoms with E-state index in [1.54, 1.807) is 11.3 Å². The van der Waals surface area contributed by atoms with E-state index in [1.165, 1.54) is 17.0 Å². The molecule has 0 amide bonds. The number of rotatable bonds is 6. The lowest BCUT2D eigenvalue weighted by Gasteiger charge is -2.21. The van der Waals surface area contributed by atoms with E-state index in [0.29, 0.717) is 26.1 Å². The van der Waals surface area contributed by atoms with Gasteiger partial charge in [-0.1, -0.05) is 6.07 Å². The van der Waals surface area contributed by atoms with E-state index in [-0.39, 0.29) is 36.6 Å². The molecule has 2 aromatic rings. The van der Waals surface area contributed by atoms with Gasteiger partial charge in [-0.05, 0) is 42.5 Å². The molecule has 0 bridgehead atoms. The molecule has 8 heteroatoms. The second-order valence-corrected chi connectivity index (χ2v) is 6.65. The maximum absolute atomic E-state index is 13.8. The van der Waals surface area contributed by atoms with Gasteiger partial charge in [-0.15, -0.1) is 35.3 Å². The summed E-state index contributed by atoms with van der Waals surface area (Å²) >= 11 is 1.69. The minimum absolute atomic E-state index is 0. The number of fused-ring (bicyclic) bond motifs is 1.